The van der Waals surface area contributed by atoms with Gasteiger partial charge in [0.2, 0.25) is 5.95 Å². The molecule has 1 aliphatic heterocycles. The molecule has 10 heteroatoms. The monoisotopic (exact) mass is 337 g/mol. The Morgan fingerprint density at radius 1 is 1.58 bits per heavy atom. The fourth-order valence-electron chi connectivity index (χ4n) is 2.82. The Bertz CT molecular complexity index is 885. The van der Waals surface area contributed by atoms with Gasteiger partial charge in [-0.3, -0.25) is 9.78 Å². The van der Waals surface area contributed by atoms with E-state index in [1.54, 1.807) is 0 Å². The first-order valence-corrected chi connectivity index (χ1v) is 7.08. The molecule has 0 spiro atoms. The maximum Gasteiger partial charge on any atom is 0.261 e. The van der Waals surface area contributed by atoms with Crippen LogP contribution in [0.3, 0.4) is 0 Å². The molecule has 9 nitrogen and oxygen atoms in total. The second-order valence-electron chi connectivity index (χ2n) is 5.43. The fourth-order valence-corrected chi connectivity index (χ4v) is 2.82. The van der Waals surface area contributed by atoms with Crippen LogP contribution in [0.1, 0.15) is 6.23 Å². The van der Waals surface area contributed by atoms with E-state index in [0.29, 0.717) is 0 Å². The van der Waals surface area contributed by atoms with Crippen LogP contribution >= 0.6 is 0 Å². The SMILES string of the molecule is Nc1nc2c(ccn2[C@@H]2O[C@H](CO)C(O)[C@]2(N)C#CCF)c(=O)[nH]1. The van der Waals surface area contributed by atoms with Crippen LogP contribution in [0.15, 0.2) is 17.1 Å². The Hall–Kier alpha value is -2.45. The number of nitrogens with one attached hydrogen (secondary N) is 1. The zero-order valence-corrected chi connectivity index (χ0v) is 12.4. The lowest BCUT2D eigenvalue weighted by Gasteiger charge is -2.28. The number of hydrogen-bond acceptors (Lipinski definition) is 7. The van der Waals surface area contributed by atoms with Crippen LogP contribution in [0.2, 0.25) is 0 Å². The number of ether oxygens (including phenoxy) is 1. The van der Waals surface area contributed by atoms with Gasteiger partial charge in [-0.1, -0.05) is 11.8 Å². The highest BCUT2D eigenvalue weighted by atomic mass is 19.1. The van der Waals surface area contributed by atoms with E-state index in [-0.39, 0.29) is 17.0 Å². The molecule has 1 unspecified atom stereocenters. The molecule has 0 radical (unpaired) electrons. The molecule has 1 aliphatic rings. The molecule has 1 saturated heterocycles. The summed E-state index contributed by atoms with van der Waals surface area (Å²) in [5.41, 5.74) is 9.74. The molecule has 3 rings (SSSR count). The maximum absolute atomic E-state index is 12.5. The Morgan fingerprint density at radius 2 is 2.33 bits per heavy atom. The number of rotatable bonds is 2. The molecule has 1 fully saturated rings. The third kappa shape index (κ3) is 2.35. The van der Waals surface area contributed by atoms with E-state index in [0.717, 1.165) is 0 Å². The molecule has 0 bridgehead atoms. The van der Waals surface area contributed by atoms with Gasteiger partial charge in [-0.25, -0.2) is 4.39 Å². The first kappa shape index (κ1) is 16.4. The van der Waals surface area contributed by atoms with Gasteiger partial charge in [0.15, 0.2) is 17.4 Å². The average molecular weight is 337 g/mol. The van der Waals surface area contributed by atoms with Crippen LogP contribution in [0.5, 0.6) is 0 Å². The molecule has 2 aromatic rings. The first-order valence-electron chi connectivity index (χ1n) is 7.08. The van der Waals surface area contributed by atoms with Gasteiger partial charge in [0.1, 0.15) is 18.9 Å². The zero-order valence-electron chi connectivity index (χ0n) is 12.4. The van der Waals surface area contributed by atoms with E-state index < -0.39 is 42.8 Å². The highest BCUT2D eigenvalue weighted by Crippen LogP contribution is 2.37. The summed E-state index contributed by atoms with van der Waals surface area (Å²) in [6.07, 6.45) is -2.02. The van der Waals surface area contributed by atoms with Gasteiger partial charge in [0.25, 0.3) is 5.56 Å². The third-order valence-corrected chi connectivity index (χ3v) is 3.96. The lowest BCUT2D eigenvalue weighted by molar-refractivity contribution is -0.0445. The highest BCUT2D eigenvalue weighted by Gasteiger charge is 2.54. The number of anilines is 1. The number of hydrogen-bond donors (Lipinski definition) is 5. The largest absolute Gasteiger partial charge is 0.394 e. The molecule has 3 heterocycles. The van der Waals surface area contributed by atoms with Crippen LogP contribution in [0.25, 0.3) is 11.0 Å². The molecule has 0 aromatic carbocycles. The summed E-state index contributed by atoms with van der Waals surface area (Å²) in [6, 6.07) is 1.48. The number of nitrogens with two attached hydrogens (primary N) is 2. The number of alkyl halides is 1. The predicted octanol–water partition coefficient (Wildman–Crippen LogP) is -1.77. The summed E-state index contributed by atoms with van der Waals surface area (Å²) in [4.78, 5) is 18.3. The number of nitrogens with zero attached hydrogens (tertiary/aromatic N) is 2. The van der Waals surface area contributed by atoms with Crippen molar-refractivity contribution in [3.63, 3.8) is 0 Å². The Balaban J connectivity index is 2.18. The smallest absolute Gasteiger partial charge is 0.261 e. The van der Waals surface area contributed by atoms with E-state index in [1.165, 1.54) is 16.8 Å². The minimum atomic E-state index is -1.70. The number of aliphatic hydroxyl groups excluding tert-OH is 2. The summed E-state index contributed by atoms with van der Waals surface area (Å²) in [5, 5.41) is 19.9. The standard InChI is InChI=1S/C14H16FN5O4/c15-4-1-3-14(17)9(22)8(6-21)24-12(14)20-5-2-7-10(20)18-13(16)19-11(7)23/h2,5,8-9,12,21-22H,4,6,17H2,(H3,16,18,19,23)/t8-,9?,12-,14-/m1/s1. The van der Waals surface area contributed by atoms with Crippen molar-refractivity contribution in [2.45, 2.75) is 24.0 Å². The first-order chi connectivity index (χ1) is 11.4. The van der Waals surface area contributed by atoms with E-state index in [4.69, 9.17) is 16.2 Å². The fraction of sp³-hybridized carbons (Fsp3) is 0.429. The Kier molecular flexibility index (Phi) is 4.02. The van der Waals surface area contributed by atoms with Crippen LogP contribution in [0.4, 0.5) is 10.3 Å². The normalized spacial score (nSPS) is 29.6. The van der Waals surface area contributed by atoms with Crippen molar-refractivity contribution in [3.05, 3.63) is 22.6 Å². The van der Waals surface area contributed by atoms with Crippen molar-refractivity contribution in [2.24, 2.45) is 5.73 Å². The lowest BCUT2D eigenvalue weighted by Crippen LogP contribution is -2.53. The van der Waals surface area contributed by atoms with Crippen LogP contribution in [-0.2, 0) is 4.74 Å². The van der Waals surface area contributed by atoms with Crippen molar-refractivity contribution in [3.8, 4) is 11.8 Å². The average Bonchev–Trinajstić information content (AvgIpc) is 3.06. The molecule has 128 valence electrons. The topological polar surface area (TPSA) is 152 Å². The minimum Gasteiger partial charge on any atom is -0.394 e. The summed E-state index contributed by atoms with van der Waals surface area (Å²) < 4.78 is 19.4. The van der Waals surface area contributed by atoms with E-state index in [2.05, 4.69) is 21.8 Å². The molecule has 7 N–H and O–H groups in total. The van der Waals surface area contributed by atoms with Gasteiger partial charge in [-0.05, 0) is 6.07 Å². The maximum atomic E-state index is 12.5. The molecular weight excluding hydrogens is 321 g/mol. The van der Waals surface area contributed by atoms with Crippen molar-refractivity contribution in [1.29, 1.82) is 0 Å². The third-order valence-electron chi connectivity index (χ3n) is 3.96. The second-order valence-corrected chi connectivity index (χ2v) is 5.43. The van der Waals surface area contributed by atoms with Crippen LogP contribution in [0, 0.1) is 11.8 Å². The summed E-state index contributed by atoms with van der Waals surface area (Å²) >= 11 is 0. The van der Waals surface area contributed by atoms with Crippen LogP contribution < -0.4 is 17.0 Å². The second kappa shape index (κ2) is 5.88. The summed E-state index contributed by atoms with van der Waals surface area (Å²) in [7, 11) is 0. The molecule has 24 heavy (non-hydrogen) atoms. The molecular formula is C14H16FN5O4. The van der Waals surface area contributed by atoms with E-state index in [9.17, 15) is 19.4 Å². The minimum absolute atomic E-state index is 0.109. The molecule has 0 aliphatic carbocycles. The van der Waals surface area contributed by atoms with Crippen molar-refractivity contribution in [2.75, 3.05) is 19.0 Å². The van der Waals surface area contributed by atoms with E-state index in [1.807, 2.05) is 0 Å². The van der Waals surface area contributed by atoms with Gasteiger partial charge in [-0.15, -0.1) is 0 Å². The number of nitrogen functional groups attached to an aromatic ring is 1. The highest BCUT2D eigenvalue weighted by molar-refractivity contribution is 5.76. The molecule has 2 aromatic heterocycles. The van der Waals surface area contributed by atoms with Crippen LogP contribution in [-0.4, -0.2) is 55.8 Å². The zero-order chi connectivity index (χ0) is 17.5. The number of halogens is 1. The van der Waals surface area contributed by atoms with Gasteiger partial charge in [-0.2, -0.15) is 4.98 Å². The van der Waals surface area contributed by atoms with Crippen molar-refractivity contribution in [1.82, 2.24) is 14.5 Å². The Morgan fingerprint density at radius 3 is 3.00 bits per heavy atom. The van der Waals surface area contributed by atoms with Crippen molar-refractivity contribution >= 4 is 17.0 Å². The summed E-state index contributed by atoms with van der Waals surface area (Å²) in [5.74, 6) is 4.52. The number of aliphatic hydroxyl groups is 2. The van der Waals surface area contributed by atoms with Gasteiger partial charge < -0.3 is 31.0 Å². The molecule has 0 saturated carbocycles. The number of aromatic amines is 1. The predicted molar refractivity (Wildman–Crippen MR) is 82.4 cm³/mol. The quantitative estimate of drug-likeness (QED) is 0.406. The molecule has 0 amide bonds. The molecule has 4 atom stereocenters. The van der Waals surface area contributed by atoms with E-state index >= 15 is 0 Å². The van der Waals surface area contributed by atoms with Gasteiger partial charge in [0, 0.05) is 6.20 Å². The van der Waals surface area contributed by atoms with Gasteiger partial charge >= 0.3 is 0 Å². The number of H-pyrrole nitrogens is 1. The number of aromatic nitrogens is 3. The number of fused-ring (bicyclic) bond motifs is 1. The van der Waals surface area contributed by atoms with Crippen molar-refractivity contribution < 1.29 is 19.3 Å². The summed E-state index contributed by atoms with van der Waals surface area (Å²) in [6.45, 7) is -1.47. The Labute approximate surface area is 135 Å². The lowest BCUT2D eigenvalue weighted by atomic mass is 9.91. The van der Waals surface area contributed by atoms with Gasteiger partial charge in [0.05, 0.1) is 12.0 Å².